The number of carbonyl (C=O) groups excluding carboxylic acids is 1. The van der Waals surface area contributed by atoms with Crippen molar-refractivity contribution in [3.8, 4) is 11.5 Å². The van der Waals surface area contributed by atoms with E-state index in [2.05, 4.69) is 25.4 Å². The second-order valence-corrected chi connectivity index (χ2v) is 9.23. The molecule has 3 heterocycles. The van der Waals surface area contributed by atoms with Crippen LogP contribution in [0.15, 0.2) is 64.2 Å². The number of anilines is 1. The van der Waals surface area contributed by atoms with Gasteiger partial charge >= 0.3 is 0 Å². The van der Waals surface area contributed by atoms with E-state index in [9.17, 15) is 4.79 Å². The van der Waals surface area contributed by atoms with Crippen molar-refractivity contribution in [1.29, 1.82) is 0 Å². The summed E-state index contributed by atoms with van der Waals surface area (Å²) in [6.07, 6.45) is 0. The average Bonchev–Trinajstić information content (AvgIpc) is 3.40. The number of thioether (sulfide) groups is 1. The summed E-state index contributed by atoms with van der Waals surface area (Å²) in [6.45, 7) is 7.70. The average molecular weight is 485 g/mol. The van der Waals surface area contributed by atoms with Crippen molar-refractivity contribution in [2.75, 3.05) is 5.32 Å². The van der Waals surface area contributed by atoms with Gasteiger partial charge in [0.1, 0.15) is 5.76 Å². The van der Waals surface area contributed by atoms with E-state index in [0.717, 1.165) is 34.0 Å². The van der Waals surface area contributed by atoms with Gasteiger partial charge in [-0.3, -0.25) is 4.79 Å². The molecule has 5 rings (SSSR count). The number of fused-ring (bicyclic) bond motifs is 1. The van der Waals surface area contributed by atoms with Gasteiger partial charge in [0.25, 0.3) is 11.7 Å². The number of hydrogen-bond donors (Lipinski definition) is 1. The highest BCUT2D eigenvalue weighted by Crippen LogP contribution is 2.26. The Morgan fingerprint density at radius 2 is 1.83 bits per heavy atom. The van der Waals surface area contributed by atoms with E-state index < -0.39 is 0 Å². The normalized spacial score (nSPS) is 11.2. The molecule has 0 aliphatic rings. The first-order valence-electron chi connectivity index (χ1n) is 11.1. The second-order valence-electron chi connectivity index (χ2n) is 8.29. The predicted octanol–water partition coefficient (Wildman–Crippen LogP) is 5.56. The number of hydrogen-bond acceptors (Lipinski definition) is 7. The molecule has 0 aliphatic heterocycles. The highest BCUT2D eigenvalue weighted by atomic mass is 32.2. The SMILES string of the molecule is Cc1cc(C)n2nc(SCc3ccccc3C(=O)Nc3cccc(-c4nc(C)c(C)o4)c3)nc2n1. The molecule has 1 N–H and O–H groups in total. The molecule has 9 heteroatoms. The molecule has 0 fully saturated rings. The van der Waals surface area contributed by atoms with Crippen LogP contribution in [0.5, 0.6) is 0 Å². The van der Waals surface area contributed by atoms with Gasteiger partial charge in [0.2, 0.25) is 11.0 Å². The summed E-state index contributed by atoms with van der Waals surface area (Å²) >= 11 is 1.47. The lowest BCUT2D eigenvalue weighted by Crippen LogP contribution is -2.14. The van der Waals surface area contributed by atoms with E-state index in [-0.39, 0.29) is 5.91 Å². The monoisotopic (exact) mass is 484 g/mol. The number of benzene rings is 2. The molecule has 0 saturated heterocycles. The minimum atomic E-state index is -0.186. The molecule has 176 valence electrons. The van der Waals surface area contributed by atoms with Crippen LogP contribution in [0, 0.1) is 27.7 Å². The Balaban J connectivity index is 1.33. The standard InChI is InChI=1S/C26H24N6O2S/c1-15-12-16(2)32-25(27-15)30-26(31-32)35-14-20-8-5-6-11-22(20)23(33)29-21-10-7-9-19(13-21)24-28-17(3)18(4)34-24/h5-13H,14H2,1-4H3,(H,29,33). The van der Waals surface area contributed by atoms with Crippen LogP contribution in [0.3, 0.4) is 0 Å². The molecule has 0 spiro atoms. The van der Waals surface area contributed by atoms with Crippen LogP contribution < -0.4 is 5.32 Å². The molecule has 0 bridgehead atoms. The summed E-state index contributed by atoms with van der Waals surface area (Å²) < 4.78 is 7.46. The van der Waals surface area contributed by atoms with Gasteiger partial charge in [-0.05, 0) is 63.6 Å². The van der Waals surface area contributed by atoms with E-state index in [1.165, 1.54) is 11.8 Å². The Labute approximate surface area is 206 Å². The molecule has 35 heavy (non-hydrogen) atoms. The van der Waals surface area contributed by atoms with Crippen LogP contribution in [0.1, 0.15) is 38.8 Å². The maximum atomic E-state index is 13.2. The van der Waals surface area contributed by atoms with Crippen LogP contribution >= 0.6 is 11.8 Å². The van der Waals surface area contributed by atoms with Crippen molar-refractivity contribution in [2.45, 2.75) is 38.6 Å². The van der Waals surface area contributed by atoms with Gasteiger partial charge in [-0.1, -0.05) is 36.0 Å². The first kappa shape index (κ1) is 22.8. The molecular weight excluding hydrogens is 460 g/mol. The van der Waals surface area contributed by atoms with Crippen LogP contribution in [-0.4, -0.2) is 30.5 Å². The molecule has 0 saturated carbocycles. The van der Waals surface area contributed by atoms with E-state index in [1.807, 2.05) is 82.3 Å². The molecule has 0 atom stereocenters. The third kappa shape index (κ3) is 4.81. The number of amides is 1. The maximum Gasteiger partial charge on any atom is 0.255 e. The van der Waals surface area contributed by atoms with Gasteiger partial charge in [0.15, 0.2) is 0 Å². The quantitative estimate of drug-likeness (QED) is 0.315. The Bertz CT molecular complexity index is 1540. The molecule has 8 nitrogen and oxygen atoms in total. The lowest BCUT2D eigenvalue weighted by atomic mass is 10.1. The van der Waals surface area contributed by atoms with Crippen molar-refractivity contribution < 1.29 is 9.21 Å². The number of carbonyl (C=O) groups is 1. The smallest absolute Gasteiger partial charge is 0.255 e. The molecule has 0 unspecified atom stereocenters. The summed E-state index contributed by atoms with van der Waals surface area (Å²) in [5.41, 5.74) is 5.69. The number of aromatic nitrogens is 5. The minimum absolute atomic E-state index is 0.186. The fourth-order valence-electron chi connectivity index (χ4n) is 3.74. The van der Waals surface area contributed by atoms with Crippen LogP contribution in [-0.2, 0) is 5.75 Å². The third-order valence-electron chi connectivity index (χ3n) is 5.61. The van der Waals surface area contributed by atoms with Gasteiger partial charge in [-0.25, -0.2) is 14.5 Å². The fraction of sp³-hybridized carbons (Fsp3) is 0.192. The molecule has 1 amide bonds. The van der Waals surface area contributed by atoms with E-state index in [4.69, 9.17) is 4.42 Å². The third-order valence-corrected chi connectivity index (χ3v) is 6.50. The van der Waals surface area contributed by atoms with Gasteiger partial charge in [-0.2, -0.15) is 4.98 Å². The van der Waals surface area contributed by atoms with Gasteiger partial charge in [0.05, 0.1) is 5.69 Å². The van der Waals surface area contributed by atoms with Crippen molar-refractivity contribution in [1.82, 2.24) is 24.6 Å². The van der Waals surface area contributed by atoms with Crippen LogP contribution in [0.2, 0.25) is 0 Å². The zero-order chi connectivity index (χ0) is 24.5. The number of rotatable bonds is 6. The largest absolute Gasteiger partial charge is 0.441 e. The number of nitrogens with zero attached hydrogens (tertiary/aromatic N) is 5. The Morgan fingerprint density at radius 3 is 2.63 bits per heavy atom. The second kappa shape index (κ2) is 9.34. The van der Waals surface area contributed by atoms with Crippen molar-refractivity contribution in [3.63, 3.8) is 0 Å². The molecular formula is C26H24N6O2S. The Hall–Kier alpha value is -3.98. The van der Waals surface area contributed by atoms with Crippen molar-refractivity contribution >= 4 is 29.1 Å². The van der Waals surface area contributed by atoms with Gasteiger partial charge in [0, 0.05) is 34.0 Å². The van der Waals surface area contributed by atoms with Gasteiger partial charge < -0.3 is 9.73 Å². The molecule has 0 radical (unpaired) electrons. The Morgan fingerprint density at radius 1 is 1.00 bits per heavy atom. The van der Waals surface area contributed by atoms with Crippen LogP contribution in [0.25, 0.3) is 17.2 Å². The highest BCUT2D eigenvalue weighted by molar-refractivity contribution is 7.98. The van der Waals surface area contributed by atoms with E-state index in [0.29, 0.717) is 33.8 Å². The van der Waals surface area contributed by atoms with Crippen LogP contribution in [0.4, 0.5) is 5.69 Å². The molecule has 3 aromatic heterocycles. The van der Waals surface area contributed by atoms with E-state index in [1.54, 1.807) is 4.52 Å². The number of nitrogens with one attached hydrogen (secondary N) is 1. The summed E-state index contributed by atoms with van der Waals surface area (Å²) in [7, 11) is 0. The number of oxazole rings is 1. The summed E-state index contributed by atoms with van der Waals surface area (Å²) in [4.78, 5) is 26.6. The fourth-order valence-corrected chi connectivity index (χ4v) is 4.57. The maximum absolute atomic E-state index is 13.2. The molecule has 0 aliphatic carbocycles. The summed E-state index contributed by atoms with van der Waals surface area (Å²) in [5.74, 6) is 2.25. The zero-order valence-corrected chi connectivity index (χ0v) is 20.7. The Kier molecular flexibility index (Phi) is 6.08. The lowest BCUT2D eigenvalue weighted by Gasteiger charge is -2.10. The summed E-state index contributed by atoms with van der Waals surface area (Å²) in [5, 5.41) is 8.16. The topological polar surface area (TPSA) is 98.2 Å². The summed E-state index contributed by atoms with van der Waals surface area (Å²) in [6, 6.07) is 17.0. The first-order valence-corrected chi connectivity index (χ1v) is 12.1. The minimum Gasteiger partial charge on any atom is -0.441 e. The lowest BCUT2D eigenvalue weighted by molar-refractivity contribution is 0.102. The predicted molar refractivity (Wildman–Crippen MR) is 136 cm³/mol. The van der Waals surface area contributed by atoms with Crippen molar-refractivity contribution in [3.05, 3.63) is 88.6 Å². The number of aryl methyl sites for hydroxylation is 4. The first-order chi connectivity index (χ1) is 16.9. The molecule has 5 aromatic rings. The highest BCUT2D eigenvalue weighted by Gasteiger charge is 2.15. The molecule has 2 aromatic carbocycles. The van der Waals surface area contributed by atoms with Crippen molar-refractivity contribution in [2.24, 2.45) is 0 Å². The van der Waals surface area contributed by atoms with E-state index >= 15 is 0 Å². The zero-order valence-electron chi connectivity index (χ0n) is 19.9. The van der Waals surface area contributed by atoms with Gasteiger partial charge in [-0.15, -0.1) is 5.10 Å².